The first kappa shape index (κ1) is 11.8. The van der Waals surface area contributed by atoms with Gasteiger partial charge in [0, 0.05) is 0 Å². The molecule has 0 aliphatic carbocycles. The van der Waals surface area contributed by atoms with E-state index < -0.39 is 17.6 Å². The summed E-state index contributed by atoms with van der Waals surface area (Å²) in [5.41, 5.74) is 1.87. The van der Waals surface area contributed by atoms with E-state index in [-0.39, 0.29) is 6.54 Å². The fourth-order valence-electron chi connectivity index (χ4n) is 0.444. The number of nitrogens with one attached hydrogen (secondary N) is 1. The molecular formula is C7H9F3N2O. The minimum Gasteiger partial charge on any atom is -0.343 e. The third kappa shape index (κ3) is 2.63. The molecule has 6 heteroatoms. The van der Waals surface area contributed by atoms with Crippen molar-refractivity contribution in [1.29, 1.82) is 0 Å². The average molecular weight is 194 g/mol. The van der Waals surface area contributed by atoms with Crippen molar-refractivity contribution in [2.24, 2.45) is 5.73 Å². The van der Waals surface area contributed by atoms with E-state index >= 15 is 0 Å². The van der Waals surface area contributed by atoms with Gasteiger partial charge >= 0.3 is 6.18 Å². The molecule has 0 fully saturated rings. The Labute approximate surface area is 73.5 Å². The van der Waals surface area contributed by atoms with E-state index in [0.717, 1.165) is 0 Å². The summed E-state index contributed by atoms with van der Waals surface area (Å²) in [5.74, 6) is 0.632. The lowest BCUT2D eigenvalue weighted by Gasteiger charge is -2.25. The molecule has 1 amide bonds. The molecule has 0 heterocycles. The maximum Gasteiger partial charge on any atom is 0.415 e. The third-order valence-corrected chi connectivity index (χ3v) is 1.41. The summed E-state index contributed by atoms with van der Waals surface area (Å²) in [4.78, 5) is 10.8. The Balaban J connectivity index is 4.48. The molecule has 0 bridgehead atoms. The molecular weight excluding hydrogens is 185 g/mol. The van der Waals surface area contributed by atoms with E-state index in [1.54, 1.807) is 0 Å². The van der Waals surface area contributed by atoms with E-state index in [4.69, 9.17) is 12.2 Å². The minimum atomic E-state index is -4.79. The monoisotopic (exact) mass is 194 g/mol. The van der Waals surface area contributed by atoms with Crippen molar-refractivity contribution in [3.63, 3.8) is 0 Å². The molecule has 0 spiro atoms. The van der Waals surface area contributed by atoms with Gasteiger partial charge in [-0.1, -0.05) is 5.92 Å². The lowest BCUT2D eigenvalue weighted by Crippen LogP contribution is -2.61. The molecule has 74 valence electrons. The number of carbonyl (C=O) groups excluding carboxylic acids is 1. The molecule has 3 N–H and O–H groups in total. The Kier molecular flexibility index (Phi) is 3.32. The second-order valence-corrected chi connectivity index (χ2v) is 2.59. The lowest BCUT2D eigenvalue weighted by atomic mass is 10.0. The summed E-state index contributed by atoms with van der Waals surface area (Å²) in [6.07, 6.45) is -0.0437. The Hall–Kier alpha value is -1.22. The number of hydrogen-bond donors (Lipinski definition) is 2. The van der Waals surface area contributed by atoms with Crippen LogP contribution in [-0.2, 0) is 4.79 Å². The number of hydrogen-bond acceptors (Lipinski definition) is 2. The van der Waals surface area contributed by atoms with Gasteiger partial charge in [-0.15, -0.1) is 6.42 Å². The molecule has 0 aromatic rings. The van der Waals surface area contributed by atoms with Crippen LogP contribution in [0, 0.1) is 12.3 Å². The highest BCUT2D eigenvalue weighted by Gasteiger charge is 2.53. The molecule has 3 nitrogen and oxygen atoms in total. The molecule has 0 aromatic carbocycles. The van der Waals surface area contributed by atoms with Gasteiger partial charge in [0.05, 0.1) is 6.54 Å². The zero-order chi connectivity index (χ0) is 10.7. The van der Waals surface area contributed by atoms with E-state index in [1.165, 1.54) is 0 Å². The fourth-order valence-corrected chi connectivity index (χ4v) is 0.444. The van der Waals surface area contributed by atoms with Crippen molar-refractivity contribution >= 4 is 5.91 Å². The van der Waals surface area contributed by atoms with Gasteiger partial charge in [-0.2, -0.15) is 13.2 Å². The maximum atomic E-state index is 12.1. The molecule has 1 atom stereocenters. The van der Waals surface area contributed by atoms with Crippen molar-refractivity contribution in [3.8, 4) is 12.3 Å². The van der Waals surface area contributed by atoms with Crippen LogP contribution in [0.3, 0.4) is 0 Å². The first-order valence-corrected chi connectivity index (χ1v) is 3.31. The summed E-state index contributed by atoms with van der Waals surface area (Å²) in [6.45, 7) is 0.306. The van der Waals surface area contributed by atoms with Crippen LogP contribution in [0.15, 0.2) is 0 Å². The van der Waals surface area contributed by atoms with Gasteiger partial charge in [0.1, 0.15) is 0 Å². The van der Waals surface area contributed by atoms with Crippen LogP contribution in [0.4, 0.5) is 13.2 Å². The Morgan fingerprint density at radius 2 is 2.08 bits per heavy atom. The zero-order valence-electron chi connectivity index (χ0n) is 6.90. The van der Waals surface area contributed by atoms with Gasteiger partial charge in [0.25, 0.3) is 0 Å². The highest BCUT2D eigenvalue weighted by atomic mass is 19.4. The van der Waals surface area contributed by atoms with Crippen LogP contribution in [-0.4, -0.2) is 24.2 Å². The summed E-state index contributed by atoms with van der Waals surface area (Å²) in [5, 5.41) is 1.86. The van der Waals surface area contributed by atoms with Gasteiger partial charge in [-0.25, -0.2) is 0 Å². The van der Waals surface area contributed by atoms with Gasteiger partial charge in [0.2, 0.25) is 5.91 Å². The predicted molar refractivity (Wildman–Crippen MR) is 40.5 cm³/mol. The summed E-state index contributed by atoms with van der Waals surface area (Å²) in [7, 11) is 0. The summed E-state index contributed by atoms with van der Waals surface area (Å²) >= 11 is 0. The molecule has 0 aromatic heterocycles. The zero-order valence-corrected chi connectivity index (χ0v) is 6.90. The molecule has 0 radical (unpaired) electrons. The predicted octanol–water partition coefficient (Wildman–Crippen LogP) is 0.0155. The highest BCUT2D eigenvalue weighted by Crippen LogP contribution is 2.27. The lowest BCUT2D eigenvalue weighted by molar-refractivity contribution is -0.187. The van der Waals surface area contributed by atoms with Gasteiger partial charge in [0.15, 0.2) is 5.54 Å². The second kappa shape index (κ2) is 3.66. The Morgan fingerprint density at radius 3 is 2.38 bits per heavy atom. The SMILES string of the molecule is C#CCNC(=O)C(C)(N)C(F)(F)F. The number of amides is 1. The van der Waals surface area contributed by atoms with E-state index in [0.29, 0.717) is 6.92 Å². The van der Waals surface area contributed by atoms with Crippen LogP contribution in [0.1, 0.15) is 6.92 Å². The number of alkyl halides is 3. The molecule has 0 aliphatic heterocycles. The van der Waals surface area contributed by atoms with Crippen molar-refractivity contribution < 1.29 is 18.0 Å². The van der Waals surface area contributed by atoms with Crippen molar-refractivity contribution in [1.82, 2.24) is 5.32 Å². The minimum absolute atomic E-state index is 0.276. The second-order valence-electron chi connectivity index (χ2n) is 2.59. The van der Waals surface area contributed by atoms with Gasteiger partial charge in [-0.05, 0) is 6.92 Å². The van der Waals surface area contributed by atoms with E-state index in [2.05, 4.69) is 0 Å². The van der Waals surface area contributed by atoms with Gasteiger partial charge in [-0.3, -0.25) is 4.79 Å². The fraction of sp³-hybridized carbons (Fsp3) is 0.571. The molecule has 1 unspecified atom stereocenters. The Morgan fingerprint density at radius 1 is 1.62 bits per heavy atom. The molecule has 13 heavy (non-hydrogen) atoms. The normalized spacial score (nSPS) is 15.7. The van der Waals surface area contributed by atoms with Crippen LogP contribution >= 0.6 is 0 Å². The number of carbonyl (C=O) groups is 1. The van der Waals surface area contributed by atoms with E-state index in [1.807, 2.05) is 11.2 Å². The van der Waals surface area contributed by atoms with Crippen molar-refractivity contribution in [3.05, 3.63) is 0 Å². The third-order valence-electron chi connectivity index (χ3n) is 1.41. The molecule has 0 rings (SSSR count). The molecule has 0 aliphatic rings. The molecule has 0 saturated carbocycles. The van der Waals surface area contributed by atoms with Crippen LogP contribution < -0.4 is 11.1 Å². The number of terminal acetylenes is 1. The summed E-state index contributed by atoms with van der Waals surface area (Å²) < 4.78 is 36.2. The number of rotatable bonds is 2. The Bertz CT molecular complexity index is 239. The van der Waals surface area contributed by atoms with Crippen LogP contribution in [0.5, 0.6) is 0 Å². The van der Waals surface area contributed by atoms with Crippen molar-refractivity contribution in [2.45, 2.75) is 18.6 Å². The topological polar surface area (TPSA) is 55.1 Å². The molecule has 0 saturated heterocycles. The summed E-state index contributed by atoms with van der Waals surface area (Å²) in [6, 6.07) is 0. The van der Waals surface area contributed by atoms with Crippen molar-refractivity contribution in [2.75, 3.05) is 6.54 Å². The standard InChI is InChI=1S/C7H9F3N2O/c1-3-4-12-5(13)6(2,11)7(8,9)10/h1H,4,11H2,2H3,(H,12,13). The average Bonchev–Trinajstić information content (AvgIpc) is 1.97. The quantitative estimate of drug-likeness (QED) is 0.608. The van der Waals surface area contributed by atoms with Gasteiger partial charge < -0.3 is 11.1 Å². The van der Waals surface area contributed by atoms with Crippen LogP contribution in [0.2, 0.25) is 0 Å². The first-order valence-electron chi connectivity index (χ1n) is 3.31. The highest BCUT2D eigenvalue weighted by molar-refractivity contribution is 5.86. The first-order chi connectivity index (χ1) is 5.73. The number of nitrogens with two attached hydrogens (primary N) is 1. The smallest absolute Gasteiger partial charge is 0.343 e. The van der Waals surface area contributed by atoms with Crippen LogP contribution in [0.25, 0.3) is 0 Å². The largest absolute Gasteiger partial charge is 0.415 e. The number of halogens is 3. The maximum absolute atomic E-state index is 12.1. The van der Waals surface area contributed by atoms with E-state index in [9.17, 15) is 18.0 Å².